The van der Waals surface area contributed by atoms with Gasteiger partial charge in [0.15, 0.2) is 0 Å². The maximum absolute atomic E-state index is 12.6. The van der Waals surface area contributed by atoms with E-state index < -0.39 is 0 Å². The Hall–Kier alpha value is -2.70. The number of pyridine rings is 1. The van der Waals surface area contributed by atoms with Gasteiger partial charge in [-0.3, -0.25) is 14.6 Å². The van der Waals surface area contributed by atoms with Crippen LogP contribution in [0.15, 0.2) is 31.0 Å². The molecule has 2 aromatic rings. The first-order chi connectivity index (χ1) is 11.6. The topological polar surface area (TPSA) is 88.9 Å². The second-order valence-electron chi connectivity index (χ2n) is 6.03. The monoisotopic (exact) mass is 327 g/mol. The molecule has 0 aliphatic carbocycles. The normalized spacial score (nSPS) is 20.5. The fraction of sp³-hybridized carbons (Fsp3) is 0.412. The average Bonchev–Trinajstić information content (AvgIpc) is 3.02. The van der Waals surface area contributed by atoms with Gasteiger partial charge in [-0.25, -0.2) is 4.98 Å². The highest BCUT2D eigenvalue weighted by atomic mass is 16.2. The van der Waals surface area contributed by atoms with E-state index in [1.807, 2.05) is 24.6 Å². The molecule has 126 valence electrons. The molecule has 0 aromatic carbocycles. The van der Waals surface area contributed by atoms with Crippen LogP contribution >= 0.6 is 0 Å². The number of amides is 2. The number of carbonyl (C=O) groups excluding carboxylic acids is 2. The van der Waals surface area contributed by atoms with Crippen molar-refractivity contribution in [3.8, 4) is 0 Å². The van der Waals surface area contributed by atoms with Gasteiger partial charge in [-0.05, 0) is 24.5 Å². The van der Waals surface area contributed by atoms with Crippen molar-refractivity contribution in [3.05, 3.63) is 47.8 Å². The lowest BCUT2D eigenvalue weighted by Crippen LogP contribution is -2.50. The molecule has 2 atom stereocenters. The minimum absolute atomic E-state index is 0.0126. The number of nitrogens with one attached hydrogen (secondary N) is 2. The Balaban J connectivity index is 1.79. The molecule has 1 saturated heterocycles. The minimum atomic E-state index is -0.287. The van der Waals surface area contributed by atoms with E-state index >= 15 is 0 Å². The molecule has 0 unspecified atom stereocenters. The minimum Gasteiger partial charge on any atom is -0.347 e. The van der Waals surface area contributed by atoms with Crippen LogP contribution in [0.3, 0.4) is 0 Å². The van der Waals surface area contributed by atoms with Gasteiger partial charge in [0.1, 0.15) is 0 Å². The van der Waals surface area contributed by atoms with Crippen LogP contribution in [0.2, 0.25) is 0 Å². The van der Waals surface area contributed by atoms with E-state index in [2.05, 4.69) is 20.6 Å². The molecule has 7 nitrogen and oxygen atoms in total. The molecule has 2 aromatic heterocycles. The van der Waals surface area contributed by atoms with Crippen LogP contribution in [0.5, 0.6) is 0 Å². The average molecular weight is 327 g/mol. The van der Waals surface area contributed by atoms with E-state index in [-0.39, 0.29) is 23.9 Å². The number of nitrogens with zero attached hydrogens (tertiary/aromatic N) is 3. The molecule has 3 rings (SSSR count). The number of imidazole rings is 1. The summed E-state index contributed by atoms with van der Waals surface area (Å²) in [4.78, 5) is 32.6. The Bertz CT molecular complexity index is 755. The molecule has 2 amide bonds. The van der Waals surface area contributed by atoms with Gasteiger partial charge in [-0.15, -0.1) is 0 Å². The van der Waals surface area contributed by atoms with Crippen molar-refractivity contribution in [1.82, 2.24) is 25.2 Å². The van der Waals surface area contributed by atoms with Crippen LogP contribution in [0, 0.1) is 0 Å². The molecule has 1 aliphatic heterocycles. The summed E-state index contributed by atoms with van der Waals surface area (Å²) in [6.07, 6.45) is 8.54. The van der Waals surface area contributed by atoms with Gasteiger partial charge >= 0.3 is 0 Å². The van der Waals surface area contributed by atoms with Crippen LogP contribution in [0.25, 0.3) is 0 Å². The maximum Gasteiger partial charge on any atom is 0.253 e. The predicted octanol–water partition coefficient (Wildman–Crippen LogP) is 1.13. The lowest BCUT2D eigenvalue weighted by Gasteiger charge is -2.33. The molecule has 0 saturated carbocycles. The first-order valence-corrected chi connectivity index (χ1v) is 8.09. The third-order valence-corrected chi connectivity index (χ3v) is 4.36. The van der Waals surface area contributed by atoms with Crippen molar-refractivity contribution in [2.45, 2.75) is 38.3 Å². The molecule has 1 fully saturated rings. The van der Waals surface area contributed by atoms with E-state index in [9.17, 15) is 9.59 Å². The van der Waals surface area contributed by atoms with Crippen molar-refractivity contribution >= 4 is 11.8 Å². The molecule has 0 bridgehead atoms. The van der Waals surface area contributed by atoms with Crippen LogP contribution in [-0.4, -0.2) is 32.4 Å². The standard InChI is InChI=1S/C17H21N5O2/c1-3-11-6-12(8-18-7-11)17(24)20-13-4-5-15(23)21-16(13)14-9-19-10-22(14)2/h6-10,13,16H,3-5H2,1-2H3,(H,20,24)(H,21,23)/t13-,16-/m1/s1. The van der Waals surface area contributed by atoms with Crippen molar-refractivity contribution in [2.24, 2.45) is 7.05 Å². The van der Waals surface area contributed by atoms with Gasteiger partial charge in [0, 0.05) is 25.9 Å². The Kier molecular flexibility index (Phi) is 4.59. The lowest BCUT2D eigenvalue weighted by molar-refractivity contribution is -0.123. The zero-order chi connectivity index (χ0) is 17.1. The van der Waals surface area contributed by atoms with Crippen LogP contribution in [0.4, 0.5) is 0 Å². The van der Waals surface area contributed by atoms with Crippen molar-refractivity contribution in [2.75, 3.05) is 0 Å². The smallest absolute Gasteiger partial charge is 0.253 e. The third-order valence-electron chi connectivity index (χ3n) is 4.36. The van der Waals surface area contributed by atoms with E-state index in [1.165, 1.54) is 0 Å². The largest absolute Gasteiger partial charge is 0.347 e. The summed E-state index contributed by atoms with van der Waals surface area (Å²) in [7, 11) is 1.87. The van der Waals surface area contributed by atoms with Gasteiger partial charge in [-0.1, -0.05) is 6.92 Å². The van der Waals surface area contributed by atoms with Crippen molar-refractivity contribution in [1.29, 1.82) is 0 Å². The van der Waals surface area contributed by atoms with E-state index in [1.54, 1.807) is 24.9 Å². The Labute approximate surface area is 140 Å². The quantitative estimate of drug-likeness (QED) is 0.881. The highest BCUT2D eigenvalue weighted by Crippen LogP contribution is 2.24. The summed E-state index contributed by atoms with van der Waals surface area (Å²) in [6.45, 7) is 2.02. The van der Waals surface area contributed by atoms with Gasteiger partial charge in [-0.2, -0.15) is 0 Å². The first kappa shape index (κ1) is 16.2. The highest BCUT2D eigenvalue weighted by Gasteiger charge is 2.32. The second kappa shape index (κ2) is 6.82. The zero-order valence-electron chi connectivity index (χ0n) is 13.8. The molecule has 24 heavy (non-hydrogen) atoms. The molecular weight excluding hydrogens is 306 g/mol. The number of rotatable bonds is 4. The number of piperidine rings is 1. The van der Waals surface area contributed by atoms with E-state index in [0.717, 1.165) is 17.7 Å². The van der Waals surface area contributed by atoms with Crippen molar-refractivity contribution in [3.63, 3.8) is 0 Å². The first-order valence-electron chi connectivity index (χ1n) is 8.09. The lowest BCUT2D eigenvalue weighted by atomic mass is 9.95. The van der Waals surface area contributed by atoms with Gasteiger partial charge in [0.2, 0.25) is 5.91 Å². The van der Waals surface area contributed by atoms with E-state index in [4.69, 9.17) is 0 Å². The van der Waals surface area contributed by atoms with Gasteiger partial charge in [0.05, 0.1) is 35.9 Å². The Morgan fingerprint density at radius 1 is 1.38 bits per heavy atom. The molecular formula is C17H21N5O2. The number of aryl methyl sites for hydroxylation is 2. The zero-order valence-corrected chi connectivity index (χ0v) is 13.8. The fourth-order valence-corrected chi connectivity index (χ4v) is 2.96. The predicted molar refractivity (Wildman–Crippen MR) is 88.2 cm³/mol. The molecule has 1 aliphatic rings. The molecule has 2 N–H and O–H groups in total. The second-order valence-corrected chi connectivity index (χ2v) is 6.03. The van der Waals surface area contributed by atoms with Crippen LogP contribution in [0.1, 0.15) is 47.4 Å². The Morgan fingerprint density at radius 2 is 2.21 bits per heavy atom. The number of hydrogen-bond donors (Lipinski definition) is 2. The number of carbonyl (C=O) groups is 2. The van der Waals surface area contributed by atoms with Crippen molar-refractivity contribution < 1.29 is 9.59 Å². The maximum atomic E-state index is 12.6. The molecule has 0 spiro atoms. The SMILES string of the molecule is CCc1cncc(C(=O)N[C@@H]2CCC(=O)N[C@H]2c2cncn2C)c1. The molecule has 0 radical (unpaired) electrons. The van der Waals surface area contributed by atoms with Crippen LogP contribution < -0.4 is 10.6 Å². The third kappa shape index (κ3) is 3.29. The summed E-state index contributed by atoms with van der Waals surface area (Å²) in [6, 6.07) is 1.38. The highest BCUT2D eigenvalue weighted by molar-refractivity contribution is 5.94. The number of aromatic nitrogens is 3. The van der Waals surface area contributed by atoms with Gasteiger partial charge < -0.3 is 15.2 Å². The van der Waals surface area contributed by atoms with E-state index in [0.29, 0.717) is 18.4 Å². The van der Waals surface area contributed by atoms with Gasteiger partial charge in [0.25, 0.3) is 5.91 Å². The summed E-state index contributed by atoms with van der Waals surface area (Å²) in [5, 5.41) is 6.00. The summed E-state index contributed by atoms with van der Waals surface area (Å²) < 4.78 is 1.86. The number of hydrogen-bond acceptors (Lipinski definition) is 4. The Morgan fingerprint density at radius 3 is 2.92 bits per heavy atom. The molecule has 3 heterocycles. The summed E-state index contributed by atoms with van der Waals surface area (Å²) >= 11 is 0. The van der Waals surface area contributed by atoms with Crippen LogP contribution in [-0.2, 0) is 18.3 Å². The summed E-state index contributed by atoms with van der Waals surface area (Å²) in [5.74, 6) is -0.188. The fourth-order valence-electron chi connectivity index (χ4n) is 2.96. The summed E-state index contributed by atoms with van der Waals surface area (Å²) in [5.41, 5.74) is 2.42. The molecule has 7 heteroatoms.